The molecule has 0 saturated carbocycles. The number of amides is 1. The quantitative estimate of drug-likeness (QED) is 0.817. The number of carbonyl (C=O) groups excluding carboxylic acids is 1. The molecule has 1 N–H and O–H groups in total. The van der Waals surface area contributed by atoms with Crippen LogP contribution in [0.15, 0.2) is 28.7 Å². The third-order valence-electron chi connectivity index (χ3n) is 2.10. The molecule has 0 aliphatic carbocycles. The fourth-order valence-corrected chi connectivity index (χ4v) is 1.46. The molecule has 0 aliphatic rings. The number of rotatable bonds is 6. The van der Waals surface area contributed by atoms with Crippen LogP contribution in [0.3, 0.4) is 0 Å². The molecule has 0 spiro atoms. The Bertz CT molecular complexity index is 353. The highest BCUT2D eigenvalue weighted by molar-refractivity contribution is 9.10. The summed E-state index contributed by atoms with van der Waals surface area (Å²) in [6, 6.07) is 7.35. The minimum atomic E-state index is -0.520. The molecule has 0 fully saturated rings. The number of carbonyl (C=O) groups is 1. The lowest BCUT2D eigenvalue weighted by atomic mass is 10.3. The highest BCUT2D eigenvalue weighted by Gasteiger charge is 2.13. The fourth-order valence-electron chi connectivity index (χ4n) is 1.19. The standard InChI is InChI=1S/C12H16BrNO3/c1-9(12(15)14-7-8-16-2)17-11-5-3-10(13)4-6-11/h3-6,9H,7-8H2,1-2H3,(H,14,15)/t9-/m1/s1. The van der Waals surface area contributed by atoms with Crippen LogP contribution in [-0.2, 0) is 9.53 Å². The maximum atomic E-state index is 11.6. The third kappa shape index (κ3) is 5.19. The highest BCUT2D eigenvalue weighted by Crippen LogP contribution is 2.17. The van der Waals surface area contributed by atoms with Gasteiger partial charge >= 0.3 is 0 Å². The minimum absolute atomic E-state index is 0.148. The maximum absolute atomic E-state index is 11.6. The van der Waals surface area contributed by atoms with E-state index in [1.54, 1.807) is 14.0 Å². The van der Waals surface area contributed by atoms with Crippen molar-refractivity contribution in [3.8, 4) is 5.75 Å². The lowest BCUT2D eigenvalue weighted by Gasteiger charge is -2.14. The van der Waals surface area contributed by atoms with Gasteiger partial charge in [-0.2, -0.15) is 0 Å². The van der Waals surface area contributed by atoms with Gasteiger partial charge in [-0.1, -0.05) is 15.9 Å². The largest absolute Gasteiger partial charge is 0.481 e. The summed E-state index contributed by atoms with van der Waals surface area (Å²) in [5.74, 6) is 0.521. The average Bonchev–Trinajstić information content (AvgIpc) is 2.32. The number of nitrogens with one attached hydrogen (secondary N) is 1. The summed E-state index contributed by atoms with van der Waals surface area (Å²) in [5, 5.41) is 2.72. The molecule has 17 heavy (non-hydrogen) atoms. The van der Waals surface area contributed by atoms with Gasteiger partial charge in [-0.3, -0.25) is 4.79 Å². The number of hydrogen-bond acceptors (Lipinski definition) is 3. The van der Waals surface area contributed by atoms with Gasteiger partial charge in [0.15, 0.2) is 6.10 Å². The molecule has 0 saturated heterocycles. The van der Waals surface area contributed by atoms with E-state index in [-0.39, 0.29) is 5.91 Å². The highest BCUT2D eigenvalue weighted by atomic mass is 79.9. The van der Waals surface area contributed by atoms with Gasteiger partial charge in [0.1, 0.15) is 5.75 Å². The van der Waals surface area contributed by atoms with Gasteiger partial charge in [0, 0.05) is 18.1 Å². The van der Waals surface area contributed by atoms with Gasteiger partial charge < -0.3 is 14.8 Å². The predicted molar refractivity (Wildman–Crippen MR) is 69.1 cm³/mol. The van der Waals surface area contributed by atoms with Gasteiger partial charge in [0.25, 0.3) is 5.91 Å². The van der Waals surface area contributed by atoms with Crippen molar-refractivity contribution in [2.45, 2.75) is 13.0 Å². The van der Waals surface area contributed by atoms with Crippen molar-refractivity contribution in [3.63, 3.8) is 0 Å². The Kier molecular flexibility index (Phi) is 6.00. The van der Waals surface area contributed by atoms with Crippen molar-refractivity contribution in [2.75, 3.05) is 20.3 Å². The summed E-state index contributed by atoms with van der Waals surface area (Å²) in [7, 11) is 1.59. The van der Waals surface area contributed by atoms with Crippen molar-refractivity contribution in [1.29, 1.82) is 0 Å². The van der Waals surface area contributed by atoms with Gasteiger partial charge in [0.2, 0.25) is 0 Å². The van der Waals surface area contributed by atoms with Crippen molar-refractivity contribution < 1.29 is 14.3 Å². The monoisotopic (exact) mass is 301 g/mol. The lowest BCUT2D eigenvalue weighted by Crippen LogP contribution is -2.37. The molecule has 0 radical (unpaired) electrons. The first-order valence-corrected chi connectivity index (χ1v) is 6.11. The zero-order valence-electron chi connectivity index (χ0n) is 9.90. The second kappa shape index (κ2) is 7.29. The van der Waals surface area contributed by atoms with Crippen LogP contribution in [0.25, 0.3) is 0 Å². The van der Waals surface area contributed by atoms with Crippen LogP contribution < -0.4 is 10.1 Å². The Morgan fingerprint density at radius 1 is 1.41 bits per heavy atom. The molecule has 1 atom stereocenters. The average molecular weight is 302 g/mol. The zero-order chi connectivity index (χ0) is 12.7. The molecule has 0 heterocycles. The molecule has 1 aromatic rings. The van der Waals surface area contributed by atoms with Crippen LogP contribution in [0.1, 0.15) is 6.92 Å². The van der Waals surface area contributed by atoms with E-state index in [9.17, 15) is 4.79 Å². The van der Waals surface area contributed by atoms with E-state index < -0.39 is 6.10 Å². The normalized spacial score (nSPS) is 11.9. The fraction of sp³-hybridized carbons (Fsp3) is 0.417. The number of hydrogen-bond donors (Lipinski definition) is 1. The van der Waals surface area contributed by atoms with Gasteiger partial charge in [0.05, 0.1) is 6.61 Å². The van der Waals surface area contributed by atoms with E-state index in [0.29, 0.717) is 18.9 Å². The van der Waals surface area contributed by atoms with Gasteiger partial charge in [-0.05, 0) is 31.2 Å². The molecule has 1 aromatic carbocycles. The Hall–Kier alpha value is -1.07. The molecular weight excluding hydrogens is 286 g/mol. The van der Waals surface area contributed by atoms with Crippen LogP contribution in [0, 0.1) is 0 Å². The lowest BCUT2D eigenvalue weighted by molar-refractivity contribution is -0.127. The molecule has 0 bridgehead atoms. The molecule has 1 amide bonds. The van der Waals surface area contributed by atoms with Crippen molar-refractivity contribution in [3.05, 3.63) is 28.7 Å². The summed E-state index contributed by atoms with van der Waals surface area (Å²) in [5.41, 5.74) is 0. The van der Waals surface area contributed by atoms with E-state index in [0.717, 1.165) is 4.47 Å². The number of methoxy groups -OCH3 is 1. The first-order chi connectivity index (χ1) is 8.13. The number of halogens is 1. The summed E-state index contributed by atoms with van der Waals surface area (Å²) >= 11 is 3.33. The third-order valence-corrected chi connectivity index (χ3v) is 2.63. The molecular formula is C12H16BrNO3. The first kappa shape index (κ1) is 14.0. The van der Waals surface area contributed by atoms with Crippen molar-refractivity contribution in [1.82, 2.24) is 5.32 Å². The van der Waals surface area contributed by atoms with E-state index in [1.165, 1.54) is 0 Å². The minimum Gasteiger partial charge on any atom is -0.481 e. The topological polar surface area (TPSA) is 47.6 Å². The molecule has 94 valence electrons. The molecule has 5 heteroatoms. The van der Waals surface area contributed by atoms with Crippen LogP contribution >= 0.6 is 15.9 Å². The summed E-state index contributed by atoms with van der Waals surface area (Å²) in [4.78, 5) is 11.6. The zero-order valence-corrected chi connectivity index (χ0v) is 11.5. The van der Waals surface area contributed by atoms with E-state index in [4.69, 9.17) is 9.47 Å². The second-order valence-corrected chi connectivity index (χ2v) is 4.41. The Morgan fingerprint density at radius 2 is 2.06 bits per heavy atom. The van der Waals surface area contributed by atoms with E-state index in [1.807, 2.05) is 24.3 Å². The predicted octanol–water partition coefficient (Wildman–Crippen LogP) is 1.98. The number of benzene rings is 1. The number of ether oxygens (including phenoxy) is 2. The Balaban J connectivity index is 2.40. The Morgan fingerprint density at radius 3 is 2.65 bits per heavy atom. The summed E-state index contributed by atoms with van der Waals surface area (Å²) < 4.78 is 11.3. The maximum Gasteiger partial charge on any atom is 0.260 e. The van der Waals surface area contributed by atoms with Crippen LogP contribution in [0.4, 0.5) is 0 Å². The van der Waals surface area contributed by atoms with Crippen molar-refractivity contribution in [2.24, 2.45) is 0 Å². The van der Waals surface area contributed by atoms with E-state index in [2.05, 4.69) is 21.2 Å². The van der Waals surface area contributed by atoms with E-state index >= 15 is 0 Å². The van der Waals surface area contributed by atoms with Gasteiger partial charge in [-0.25, -0.2) is 0 Å². The molecule has 1 rings (SSSR count). The SMILES string of the molecule is COCCNC(=O)[C@@H](C)Oc1ccc(Br)cc1. The van der Waals surface area contributed by atoms with Crippen LogP contribution in [0.2, 0.25) is 0 Å². The van der Waals surface area contributed by atoms with Gasteiger partial charge in [-0.15, -0.1) is 0 Å². The Labute approximate surface area is 109 Å². The first-order valence-electron chi connectivity index (χ1n) is 5.32. The molecule has 0 aromatic heterocycles. The molecule has 0 unspecified atom stereocenters. The van der Waals surface area contributed by atoms with Crippen LogP contribution in [0.5, 0.6) is 5.75 Å². The smallest absolute Gasteiger partial charge is 0.260 e. The molecule has 4 nitrogen and oxygen atoms in total. The van der Waals surface area contributed by atoms with Crippen molar-refractivity contribution >= 4 is 21.8 Å². The summed E-state index contributed by atoms with van der Waals surface area (Å²) in [6.45, 7) is 2.70. The second-order valence-electron chi connectivity index (χ2n) is 3.50. The summed E-state index contributed by atoms with van der Waals surface area (Å²) in [6.07, 6.45) is -0.520. The van der Waals surface area contributed by atoms with Crippen LogP contribution in [-0.4, -0.2) is 32.3 Å². The molecule has 0 aliphatic heterocycles.